The highest BCUT2D eigenvalue weighted by molar-refractivity contribution is 7.92. The highest BCUT2D eigenvalue weighted by Gasteiger charge is 2.48. The zero-order chi connectivity index (χ0) is 24.3. The van der Waals surface area contributed by atoms with Crippen molar-refractivity contribution in [2.75, 3.05) is 33.4 Å². The Hall–Kier alpha value is -2.84. The van der Waals surface area contributed by atoms with Gasteiger partial charge in [0.15, 0.2) is 9.84 Å². The lowest BCUT2D eigenvalue weighted by Crippen LogP contribution is -2.52. The van der Waals surface area contributed by atoms with Crippen molar-refractivity contribution in [3.05, 3.63) is 71.4 Å². The molecule has 34 heavy (non-hydrogen) atoms. The summed E-state index contributed by atoms with van der Waals surface area (Å²) < 4.78 is 39.3. The Morgan fingerprint density at radius 3 is 2.32 bits per heavy atom. The second-order valence-corrected chi connectivity index (χ2v) is 10.7. The number of sulfone groups is 1. The molecule has 2 aliphatic heterocycles. The number of carbonyl (C=O) groups excluding carboxylic acids is 1. The molecule has 2 unspecified atom stereocenters. The van der Waals surface area contributed by atoms with E-state index in [1.165, 1.54) is 0 Å². The number of ether oxygens (including phenoxy) is 2. The summed E-state index contributed by atoms with van der Waals surface area (Å²) in [6, 6.07) is 15.8. The van der Waals surface area contributed by atoms with Gasteiger partial charge in [-0.25, -0.2) is 18.2 Å². The van der Waals surface area contributed by atoms with Crippen LogP contribution in [0.25, 0.3) is 0 Å². The van der Waals surface area contributed by atoms with Crippen LogP contribution in [-0.4, -0.2) is 63.0 Å². The molecule has 2 aliphatic rings. The normalized spacial score (nSPS) is 21.6. The Kier molecular flexibility index (Phi) is 7.28. The van der Waals surface area contributed by atoms with Crippen molar-refractivity contribution in [2.24, 2.45) is 0 Å². The van der Waals surface area contributed by atoms with Crippen LogP contribution in [0.4, 0.5) is 0 Å². The fourth-order valence-electron chi connectivity index (χ4n) is 5.06. The van der Waals surface area contributed by atoms with E-state index in [0.717, 1.165) is 31.6 Å². The molecule has 8 heteroatoms. The van der Waals surface area contributed by atoms with Gasteiger partial charge in [-0.1, -0.05) is 36.4 Å². The average molecular weight is 485 g/mol. The number of rotatable bonds is 7. The van der Waals surface area contributed by atoms with E-state index in [-0.39, 0.29) is 18.0 Å². The van der Waals surface area contributed by atoms with Gasteiger partial charge in [0.2, 0.25) is 0 Å². The van der Waals surface area contributed by atoms with Gasteiger partial charge in [0.05, 0.1) is 36.0 Å². The lowest BCUT2D eigenvalue weighted by Gasteiger charge is -2.44. The molecule has 0 bridgehead atoms. The van der Waals surface area contributed by atoms with Gasteiger partial charge in [-0.15, -0.1) is 0 Å². The first-order chi connectivity index (χ1) is 16.4. The van der Waals surface area contributed by atoms with Gasteiger partial charge in [0.1, 0.15) is 5.75 Å². The maximum absolute atomic E-state index is 14.1. The predicted octanol–water partition coefficient (Wildman–Crippen LogP) is 3.78. The molecule has 182 valence electrons. The zero-order valence-corrected chi connectivity index (χ0v) is 20.8. The molecule has 2 heterocycles. The number of hydrogen-bond acceptors (Lipinski definition) is 7. The van der Waals surface area contributed by atoms with Crippen LogP contribution in [0.5, 0.6) is 5.75 Å². The van der Waals surface area contributed by atoms with Crippen molar-refractivity contribution >= 4 is 15.8 Å². The number of esters is 1. The molecule has 0 radical (unpaired) electrons. The standard InChI is InChI=1S/C26H32N2O5S/c1-4-33-26(29)24-19(2)28(27-16-10-11-17-27)18-23(34(30,31)20-12-6-5-7-13-20)25(24)21-14-8-9-15-22(21)32-3/h5-9,12-15,23,25H,4,10-11,16-18H2,1-3H3. The summed E-state index contributed by atoms with van der Waals surface area (Å²) in [6.07, 6.45) is 2.06. The Bertz CT molecular complexity index is 1160. The van der Waals surface area contributed by atoms with E-state index in [1.54, 1.807) is 50.4 Å². The molecule has 7 nitrogen and oxygen atoms in total. The van der Waals surface area contributed by atoms with Crippen LogP contribution in [0.2, 0.25) is 0 Å². The van der Waals surface area contributed by atoms with Crippen molar-refractivity contribution in [1.82, 2.24) is 10.0 Å². The summed E-state index contributed by atoms with van der Waals surface area (Å²) in [4.78, 5) is 13.6. The van der Waals surface area contributed by atoms with Crippen LogP contribution in [0.3, 0.4) is 0 Å². The number of hydrazine groups is 1. The van der Waals surface area contributed by atoms with E-state index in [0.29, 0.717) is 16.9 Å². The fraction of sp³-hybridized carbons (Fsp3) is 0.423. The maximum Gasteiger partial charge on any atom is 0.336 e. The minimum Gasteiger partial charge on any atom is -0.496 e. The smallest absolute Gasteiger partial charge is 0.336 e. The van der Waals surface area contributed by atoms with Gasteiger partial charge in [-0.2, -0.15) is 0 Å². The molecule has 1 fully saturated rings. The highest BCUT2D eigenvalue weighted by atomic mass is 32.2. The third-order valence-electron chi connectivity index (χ3n) is 6.68. The van der Waals surface area contributed by atoms with Gasteiger partial charge < -0.3 is 14.5 Å². The van der Waals surface area contributed by atoms with Gasteiger partial charge in [0, 0.05) is 30.3 Å². The number of methoxy groups -OCH3 is 1. The van der Waals surface area contributed by atoms with Crippen molar-refractivity contribution in [3.63, 3.8) is 0 Å². The number of carbonyl (C=O) groups is 1. The Labute approximate surface area is 201 Å². The number of benzene rings is 2. The molecule has 0 N–H and O–H groups in total. The third kappa shape index (κ3) is 4.44. The molecular formula is C26H32N2O5S. The summed E-state index contributed by atoms with van der Waals surface area (Å²) in [6.45, 7) is 5.74. The first kappa shape index (κ1) is 24.3. The van der Waals surface area contributed by atoms with Crippen LogP contribution in [-0.2, 0) is 19.4 Å². The summed E-state index contributed by atoms with van der Waals surface area (Å²) in [7, 11) is -2.26. The van der Waals surface area contributed by atoms with E-state index in [4.69, 9.17) is 9.47 Å². The molecule has 0 amide bonds. The molecule has 0 aromatic heterocycles. The van der Waals surface area contributed by atoms with E-state index in [2.05, 4.69) is 5.01 Å². The van der Waals surface area contributed by atoms with E-state index >= 15 is 0 Å². The van der Waals surface area contributed by atoms with Crippen molar-refractivity contribution in [2.45, 2.75) is 42.8 Å². The third-order valence-corrected chi connectivity index (χ3v) is 8.82. The van der Waals surface area contributed by atoms with Crippen LogP contribution >= 0.6 is 0 Å². The monoisotopic (exact) mass is 484 g/mol. The second-order valence-electron chi connectivity index (χ2n) is 8.58. The van der Waals surface area contributed by atoms with Crippen molar-refractivity contribution in [3.8, 4) is 5.75 Å². The zero-order valence-electron chi connectivity index (χ0n) is 19.9. The topological polar surface area (TPSA) is 76.2 Å². The minimum absolute atomic E-state index is 0.202. The summed E-state index contributed by atoms with van der Waals surface area (Å²) in [5, 5.41) is 3.23. The number of allylic oxidation sites excluding steroid dienone is 1. The second kappa shape index (κ2) is 10.2. The summed E-state index contributed by atoms with van der Waals surface area (Å²) in [5.74, 6) is -0.683. The molecule has 0 saturated carbocycles. The molecule has 2 atom stereocenters. The largest absolute Gasteiger partial charge is 0.496 e. The van der Waals surface area contributed by atoms with Crippen LogP contribution in [0.1, 0.15) is 38.2 Å². The highest BCUT2D eigenvalue weighted by Crippen LogP contribution is 2.45. The van der Waals surface area contributed by atoms with Gasteiger partial charge >= 0.3 is 5.97 Å². The predicted molar refractivity (Wildman–Crippen MR) is 130 cm³/mol. The molecule has 4 rings (SSSR count). The summed E-state index contributed by atoms with van der Waals surface area (Å²) in [5.41, 5.74) is 1.77. The molecule has 2 aromatic carbocycles. The lowest BCUT2D eigenvalue weighted by atomic mass is 9.83. The van der Waals surface area contributed by atoms with E-state index in [9.17, 15) is 13.2 Å². The molecule has 0 spiro atoms. The molecule has 0 aliphatic carbocycles. The average Bonchev–Trinajstić information content (AvgIpc) is 3.39. The van der Waals surface area contributed by atoms with Crippen molar-refractivity contribution < 1.29 is 22.7 Å². The number of hydrogen-bond donors (Lipinski definition) is 0. The quantitative estimate of drug-likeness (QED) is 0.554. The van der Waals surface area contributed by atoms with E-state index in [1.807, 2.05) is 30.1 Å². The van der Waals surface area contributed by atoms with Crippen LogP contribution in [0, 0.1) is 0 Å². The van der Waals surface area contributed by atoms with E-state index < -0.39 is 27.0 Å². The first-order valence-electron chi connectivity index (χ1n) is 11.7. The first-order valence-corrected chi connectivity index (χ1v) is 13.3. The fourth-order valence-corrected chi connectivity index (χ4v) is 6.92. The Morgan fingerprint density at radius 2 is 1.68 bits per heavy atom. The lowest BCUT2D eigenvalue weighted by molar-refractivity contribution is -0.139. The van der Waals surface area contributed by atoms with Crippen LogP contribution < -0.4 is 4.74 Å². The summed E-state index contributed by atoms with van der Waals surface area (Å²) >= 11 is 0. The maximum atomic E-state index is 14.1. The van der Waals surface area contributed by atoms with Gasteiger partial charge in [-0.05, 0) is 44.9 Å². The van der Waals surface area contributed by atoms with Gasteiger partial charge in [0.25, 0.3) is 0 Å². The molecule has 2 aromatic rings. The SMILES string of the molecule is CCOC(=O)C1=C(C)N(N2CCCC2)CC(S(=O)(=O)c2ccccc2)C1c1ccccc1OC. The van der Waals surface area contributed by atoms with Gasteiger partial charge in [-0.3, -0.25) is 0 Å². The van der Waals surface area contributed by atoms with Crippen LogP contribution in [0.15, 0.2) is 70.8 Å². The minimum atomic E-state index is -3.82. The Morgan fingerprint density at radius 1 is 1.03 bits per heavy atom. The molecule has 1 saturated heterocycles. The molecular weight excluding hydrogens is 452 g/mol. The number of nitrogens with zero attached hydrogens (tertiary/aromatic N) is 2. The number of para-hydroxylation sites is 1. The Balaban J connectivity index is 1.96. The van der Waals surface area contributed by atoms with Crippen molar-refractivity contribution in [1.29, 1.82) is 0 Å².